The molecule has 0 spiro atoms. The van der Waals surface area contributed by atoms with Gasteiger partial charge in [-0.1, -0.05) is 0 Å². The number of nitrogens with zero attached hydrogens (tertiary/aromatic N) is 3. The summed E-state index contributed by atoms with van der Waals surface area (Å²) in [5.41, 5.74) is 2.83. The Morgan fingerprint density at radius 3 is 2.20 bits per heavy atom. The van der Waals surface area contributed by atoms with Crippen LogP contribution in [0.25, 0.3) is 0 Å². The third-order valence-electron chi connectivity index (χ3n) is 4.10. The minimum absolute atomic E-state index is 0.0353. The molecule has 0 aliphatic rings. The van der Waals surface area contributed by atoms with Crippen LogP contribution in [0.1, 0.15) is 22.8 Å². The second-order valence-electron chi connectivity index (χ2n) is 6.17. The van der Waals surface area contributed by atoms with E-state index in [0.717, 1.165) is 5.75 Å². The molecular formula is C23H21N3O4. The number of benzene rings is 3. The van der Waals surface area contributed by atoms with Crippen molar-refractivity contribution in [1.29, 1.82) is 0 Å². The van der Waals surface area contributed by atoms with Crippen LogP contribution < -0.4 is 4.74 Å². The number of methoxy groups -OCH3 is 1. The number of aromatic hydroxyl groups is 1. The lowest BCUT2D eigenvalue weighted by molar-refractivity contribution is 0.0526. The van der Waals surface area contributed by atoms with Gasteiger partial charge in [0.25, 0.3) is 0 Å². The van der Waals surface area contributed by atoms with E-state index in [1.54, 1.807) is 80.9 Å². The number of hydrogen-bond donors (Lipinski definition) is 1. The highest BCUT2D eigenvalue weighted by Crippen LogP contribution is 2.26. The van der Waals surface area contributed by atoms with Crippen LogP contribution in [0.3, 0.4) is 0 Å². The first-order chi connectivity index (χ1) is 14.6. The van der Waals surface area contributed by atoms with E-state index in [1.165, 1.54) is 6.07 Å². The van der Waals surface area contributed by atoms with Crippen LogP contribution in [0.4, 0.5) is 17.1 Å². The predicted octanol–water partition coefficient (Wildman–Crippen LogP) is 5.74. The second-order valence-corrected chi connectivity index (χ2v) is 6.17. The highest BCUT2D eigenvalue weighted by Gasteiger charge is 2.05. The zero-order valence-electron chi connectivity index (χ0n) is 16.6. The number of aliphatic imine (C=N–C) groups is 1. The van der Waals surface area contributed by atoms with Crippen molar-refractivity contribution < 1.29 is 19.4 Å². The van der Waals surface area contributed by atoms with Crippen LogP contribution in [0.5, 0.6) is 11.5 Å². The molecule has 0 saturated carbocycles. The molecule has 30 heavy (non-hydrogen) atoms. The fourth-order valence-electron chi connectivity index (χ4n) is 2.51. The predicted molar refractivity (Wildman–Crippen MR) is 115 cm³/mol. The van der Waals surface area contributed by atoms with E-state index >= 15 is 0 Å². The summed E-state index contributed by atoms with van der Waals surface area (Å²) in [4.78, 5) is 16.0. The van der Waals surface area contributed by atoms with Gasteiger partial charge in [0.2, 0.25) is 0 Å². The van der Waals surface area contributed by atoms with Gasteiger partial charge in [-0.2, -0.15) is 10.2 Å². The lowest BCUT2D eigenvalue weighted by Crippen LogP contribution is -2.03. The summed E-state index contributed by atoms with van der Waals surface area (Å²) in [5.74, 6) is 0.406. The van der Waals surface area contributed by atoms with Crippen LogP contribution >= 0.6 is 0 Å². The number of carbonyl (C=O) groups excluding carboxylic acids is 1. The Labute approximate surface area is 174 Å². The lowest BCUT2D eigenvalue weighted by atomic mass is 10.2. The lowest BCUT2D eigenvalue weighted by Gasteiger charge is -2.02. The van der Waals surface area contributed by atoms with Crippen LogP contribution in [0.2, 0.25) is 0 Å². The van der Waals surface area contributed by atoms with E-state index in [9.17, 15) is 9.90 Å². The van der Waals surface area contributed by atoms with Crippen molar-refractivity contribution in [2.75, 3.05) is 13.7 Å². The zero-order valence-corrected chi connectivity index (χ0v) is 16.6. The molecule has 7 nitrogen and oxygen atoms in total. The molecule has 0 aliphatic heterocycles. The largest absolute Gasteiger partial charge is 0.507 e. The summed E-state index contributed by atoms with van der Waals surface area (Å²) in [5, 5.41) is 18.5. The molecule has 0 amide bonds. The van der Waals surface area contributed by atoms with E-state index in [2.05, 4.69) is 15.2 Å². The normalized spacial score (nSPS) is 11.1. The van der Waals surface area contributed by atoms with E-state index in [-0.39, 0.29) is 11.7 Å². The molecule has 152 valence electrons. The zero-order chi connectivity index (χ0) is 21.3. The minimum atomic E-state index is -0.370. The monoisotopic (exact) mass is 403 g/mol. The summed E-state index contributed by atoms with van der Waals surface area (Å²) in [6.45, 7) is 2.09. The molecule has 7 heteroatoms. The number of phenolic OH excluding ortho intramolecular Hbond substituents is 1. The molecule has 1 N–H and O–H groups in total. The van der Waals surface area contributed by atoms with Gasteiger partial charge in [0.05, 0.1) is 36.3 Å². The van der Waals surface area contributed by atoms with Crippen molar-refractivity contribution in [3.8, 4) is 11.5 Å². The Balaban J connectivity index is 1.67. The average molecular weight is 403 g/mol. The molecule has 0 heterocycles. The summed E-state index contributed by atoms with van der Waals surface area (Å²) < 4.78 is 10.1. The van der Waals surface area contributed by atoms with Crippen LogP contribution in [0, 0.1) is 0 Å². The summed E-state index contributed by atoms with van der Waals surface area (Å²) in [6.07, 6.45) is 1.54. The Kier molecular flexibility index (Phi) is 6.89. The highest BCUT2D eigenvalue weighted by atomic mass is 16.5. The molecule has 3 aromatic rings. The third kappa shape index (κ3) is 5.51. The number of azo groups is 1. The SMILES string of the molecule is CCOC(=O)c1ccc(N=Cc2ccc(N=Nc3ccc(OC)cc3)cc2O)cc1. The van der Waals surface area contributed by atoms with E-state index in [0.29, 0.717) is 34.8 Å². The third-order valence-corrected chi connectivity index (χ3v) is 4.10. The molecule has 0 fully saturated rings. The maximum Gasteiger partial charge on any atom is 0.338 e. The maximum atomic E-state index is 11.7. The van der Waals surface area contributed by atoms with E-state index < -0.39 is 0 Å². The van der Waals surface area contributed by atoms with E-state index in [4.69, 9.17) is 9.47 Å². The number of phenols is 1. The number of carbonyl (C=O) groups is 1. The second kappa shape index (κ2) is 9.97. The van der Waals surface area contributed by atoms with Crippen molar-refractivity contribution in [3.63, 3.8) is 0 Å². The Morgan fingerprint density at radius 1 is 0.933 bits per heavy atom. The molecule has 0 atom stereocenters. The number of esters is 1. The fourth-order valence-corrected chi connectivity index (χ4v) is 2.51. The van der Waals surface area contributed by atoms with Gasteiger partial charge in [-0.15, -0.1) is 0 Å². The Morgan fingerprint density at radius 2 is 1.57 bits per heavy atom. The van der Waals surface area contributed by atoms with Gasteiger partial charge < -0.3 is 14.6 Å². The fraction of sp³-hybridized carbons (Fsp3) is 0.130. The van der Waals surface area contributed by atoms with Gasteiger partial charge in [0.1, 0.15) is 11.5 Å². The molecular weight excluding hydrogens is 382 g/mol. The van der Waals surface area contributed by atoms with Gasteiger partial charge in [-0.05, 0) is 67.6 Å². The molecule has 0 radical (unpaired) electrons. The molecule has 3 aromatic carbocycles. The van der Waals surface area contributed by atoms with Crippen LogP contribution in [-0.4, -0.2) is 31.0 Å². The number of ether oxygens (including phenoxy) is 2. The topological polar surface area (TPSA) is 92.8 Å². The van der Waals surface area contributed by atoms with Gasteiger partial charge in [0, 0.05) is 17.8 Å². The Hall–Kier alpha value is -4.00. The van der Waals surface area contributed by atoms with Gasteiger partial charge >= 0.3 is 5.97 Å². The first-order valence-corrected chi connectivity index (χ1v) is 9.29. The van der Waals surface area contributed by atoms with Gasteiger partial charge in [-0.3, -0.25) is 4.99 Å². The summed E-state index contributed by atoms with van der Waals surface area (Å²) >= 11 is 0. The maximum absolute atomic E-state index is 11.7. The van der Waals surface area contributed by atoms with Crippen molar-refractivity contribution >= 4 is 29.2 Å². The minimum Gasteiger partial charge on any atom is -0.507 e. The van der Waals surface area contributed by atoms with Crippen molar-refractivity contribution in [2.24, 2.45) is 15.2 Å². The molecule has 0 saturated heterocycles. The number of rotatable bonds is 7. The first-order valence-electron chi connectivity index (χ1n) is 9.29. The summed E-state index contributed by atoms with van der Waals surface area (Å²) in [6, 6.07) is 18.8. The quantitative estimate of drug-likeness (QED) is 0.309. The molecule has 0 aliphatic carbocycles. The summed E-state index contributed by atoms with van der Waals surface area (Å²) in [7, 11) is 1.60. The molecule has 0 unspecified atom stereocenters. The van der Waals surface area contributed by atoms with Crippen LogP contribution in [0.15, 0.2) is 82.0 Å². The number of hydrogen-bond acceptors (Lipinski definition) is 7. The Bertz CT molecular complexity index is 1060. The van der Waals surface area contributed by atoms with E-state index in [1.807, 2.05) is 0 Å². The first kappa shape index (κ1) is 20.7. The molecule has 3 rings (SSSR count). The smallest absolute Gasteiger partial charge is 0.338 e. The van der Waals surface area contributed by atoms with Crippen LogP contribution in [-0.2, 0) is 4.74 Å². The van der Waals surface area contributed by atoms with Crippen molar-refractivity contribution in [2.45, 2.75) is 6.92 Å². The van der Waals surface area contributed by atoms with Crippen molar-refractivity contribution in [3.05, 3.63) is 77.9 Å². The highest BCUT2D eigenvalue weighted by molar-refractivity contribution is 5.90. The van der Waals surface area contributed by atoms with Gasteiger partial charge in [-0.25, -0.2) is 4.79 Å². The standard InChI is InChI=1S/C23H21N3O4/c1-3-30-23(28)16-4-7-18(8-5-16)24-15-17-6-9-20(14-22(17)27)26-25-19-10-12-21(29-2)13-11-19/h4-15,27H,3H2,1-2H3. The molecule has 0 bridgehead atoms. The van der Waals surface area contributed by atoms with Gasteiger partial charge in [0.15, 0.2) is 0 Å². The molecule has 0 aromatic heterocycles. The average Bonchev–Trinajstić information content (AvgIpc) is 2.78. The van der Waals surface area contributed by atoms with Crippen molar-refractivity contribution in [1.82, 2.24) is 0 Å².